The molecule has 9 nitrogen and oxygen atoms in total. The number of hydrogen-bond acceptors (Lipinski definition) is 7. The first-order chi connectivity index (χ1) is 17.3. The largest absolute Gasteiger partial charge is 0.493 e. The quantitative estimate of drug-likeness (QED) is 0.414. The van der Waals surface area contributed by atoms with Gasteiger partial charge in [0.2, 0.25) is 11.8 Å². The summed E-state index contributed by atoms with van der Waals surface area (Å²) in [6.45, 7) is 0. The fourth-order valence-electron chi connectivity index (χ4n) is 5.56. The molecule has 7 rings (SSSR count). The van der Waals surface area contributed by atoms with Crippen LogP contribution >= 0.6 is 0 Å². The summed E-state index contributed by atoms with van der Waals surface area (Å²) in [6, 6.07) is 12.4. The van der Waals surface area contributed by atoms with Crippen LogP contribution in [0.4, 0.5) is 5.69 Å². The van der Waals surface area contributed by atoms with E-state index in [9.17, 15) is 9.59 Å². The molecule has 1 heterocycles. The molecule has 36 heavy (non-hydrogen) atoms. The molecule has 0 spiro atoms. The lowest BCUT2D eigenvalue weighted by Gasteiger charge is -2.69. The van der Waals surface area contributed by atoms with E-state index in [0.29, 0.717) is 47.0 Å². The summed E-state index contributed by atoms with van der Waals surface area (Å²) >= 11 is 0. The van der Waals surface area contributed by atoms with Gasteiger partial charge >= 0.3 is 0 Å². The van der Waals surface area contributed by atoms with Gasteiger partial charge in [0, 0.05) is 34.4 Å². The number of methoxy groups -OCH3 is 2. The number of nitrogens with two attached hydrogens (primary N) is 1. The van der Waals surface area contributed by atoms with E-state index in [4.69, 9.17) is 19.9 Å². The Bertz CT molecular complexity index is 1360. The maximum absolute atomic E-state index is 13.0. The lowest BCUT2D eigenvalue weighted by Crippen LogP contribution is -2.82. The van der Waals surface area contributed by atoms with E-state index in [0.717, 1.165) is 24.6 Å². The van der Waals surface area contributed by atoms with Crippen molar-refractivity contribution in [1.29, 1.82) is 0 Å². The smallest absolute Gasteiger partial charge is 0.240 e. The first kappa shape index (κ1) is 22.6. The molecule has 0 saturated heterocycles. The Kier molecular flexibility index (Phi) is 4.91. The summed E-state index contributed by atoms with van der Waals surface area (Å²) in [4.78, 5) is 30.3. The van der Waals surface area contributed by atoms with Crippen LogP contribution in [0.1, 0.15) is 32.1 Å². The zero-order valence-corrected chi connectivity index (χ0v) is 20.2. The van der Waals surface area contributed by atoms with Crippen molar-refractivity contribution in [2.45, 2.75) is 43.2 Å². The molecule has 4 N–H and O–H groups in total. The molecule has 4 aliphatic rings. The third kappa shape index (κ3) is 3.62. The van der Waals surface area contributed by atoms with E-state index in [-0.39, 0.29) is 22.9 Å². The van der Waals surface area contributed by atoms with Crippen LogP contribution in [0, 0.1) is 5.41 Å². The number of hydrogen-bond donors (Lipinski definition) is 3. The number of nitrogens with one attached hydrogen (secondary N) is 2. The zero-order chi connectivity index (χ0) is 25.1. The first-order valence-electron chi connectivity index (χ1n) is 12.0. The molecule has 9 heteroatoms. The van der Waals surface area contributed by atoms with Crippen LogP contribution in [0.15, 0.2) is 48.7 Å². The molecule has 2 aromatic carbocycles. The molecule has 186 valence electrons. The Balaban J connectivity index is 1.13. The standard InChI is InChI=1S/C27H28N4O5/c1-34-21-11-18-19(12-22(21)35-2)29-10-7-20(18)36-17-5-3-16(4-6-17)30-23(32)27(8-9-27)24(33)31-26-13-25(28,14-26)15-26/h3-7,10-12H,8-9,13-15,28H2,1-2H3,(H,30,32)(H,31,33). The van der Waals surface area contributed by atoms with E-state index < -0.39 is 5.41 Å². The number of aromatic nitrogens is 1. The molecule has 0 radical (unpaired) electrons. The average Bonchev–Trinajstić information content (AvgIpc) is 3.65. The van der Waals surface area contributed by atoms with Crippen LogP contribution < -0.4 is 30.6 Å². The number of anilines is 1. The predicted molar refractivity (Wildman–Crippen MR) is 133 cm³/mol. The summed E-state index contributed by atoms with van der Waals surface area (Å²) in [7, 11) is 3.15. The average molecular weight is 489 g/mol. The fraction of sp³-hybridized carbons (Fsp3) is 0.370. The minimum atomic E-state index is -0.984. The predicted octanol–water partition coefficient (Wildman–Crippen LogP) is 3.51. The highest BCUT2D eigenvalue weighted by Gasteiger charge is 2.68. The number of amides is 2. The number of benzene rings is 2. The fourth-order valence-corrected chi connectivity index (χ4v) is 5.56. The van der Waals surface area contributed by atoms with Crippen LogP contribution in [-0.2, 0) is 9.59 Å². The van der Waals surface area contributed by atoms with Crippen LogP contribution in [0.3, 0.4) is 0 Å². The molecule has 2 amide bonds. The molecule has 4 saturated carbocycles. The Hall–Kier alpha value is -3.85. The summed E-state index contributed by atoms with van der Waals surface area (Å²) in [5, 5.41) is 6.77. The number of carbonyl (C=O) groups is 2. The van der Waals surface area contributed by atoms with Crippen molar-refractivity contribution in [3.8, 4) is 23.0 Å². The van der Waals surface area contributed by atoms with Crippen LogP contribution in [0.25, 0.3) is 10.9 Å². The molecule has 0 aliphatic heterocycles. The first-order valence-corrected chi connectivity index (χ1v) is 12.0. The van der Waals surface area contributed by atoms with Gasteiger partial charge < -0.3 is 30.6 Å². The third-order valence-corrected chi connectivity index (χ3v) is 7.62. The van der Waals surface area contributed by atoms with Crippen LogP contribution in [0.2, 0.25) is 0 Å². The highest BCUT2D eigenvalue weighted by molar-refractivity contribution is 6.13. The van der Waals surface area contributed by atoms with Gasteiger partial charge in [0.1, 0.15) is 16.9 Å². The van der Waals surface area contributed by atoms with Crippen molar-refractivity contribution < 1.29 is 23.8 Å². The number of carbonyl (C=O) groups excluding carboxylic acids is 2. The Morgan fingerprint density at radius 1 is 0.917 bits per heavy atom. The maximum Gasteiger partial charge on any atom is 0.240 e. The van der Waals surface area contributed by atoms with Gasteiger partial charge in [0.25, 0.3) is 0 Å². The minimum Gasteiger partial charge on any atom is -0.493 e. The van der Waals surface area contributed by atoms with Gasteiger partial charge in [0.15, 0.2) is 11.5 Å². The molecule has 3 aromatic rings. The zero-order valence-electron chi connectivity index (χ0n) is 20.2. The molecule has 1 aromatic heterocycles. The van der Waals surface area contributed by atoms with E-state index in [1.54, 1.807) is 56.8 Å². The Labute approximate surface area is 208 Å². The van der Waals surface area contributed by atoms with E-state index >= 15 is 0 Å². The molecule has 0 unspecified atom stereocenters. The van der Waals surface area contributed by atoms with Crippen molar-refractivity contribution in [3.63, 3.8) is 0 Å². The van der Waals surface area contributed by atoms with Gasteiger partial charge in [-0.05, 0) is 68.5 Å². The lowest BCUT2D eigenvalue weighted by atomic mass is 9.44. The summed E-state index contributed by atoms with van der Waals surface area (Å²) in [6.07, 6.45) is 5.19. The molecular weight excluding hydrogens is 460 g/mol. The lowest BCUT2D eigenvalue weighted by molar-refractivity contribution is -0.144. The van der Waals surface area contributed by atoms with Crippen LogP contribution in [-0.4, -0.2) is 42.1 Å². The van der Waals surface area contributed by atoms with Gasteiger partial charge in [-0.1, -0.05) is 0 Å². The van der Waals surface area contributed by atoms with Gasteiger partial charge in [-0.3, -0.25) is 14.6 Å². The number of ether oxygens (including phenoxy) is 3. The van der Waals surface area contributed by atoms with Gasteiger partial charge in [-0.25, -0.2) is 0 Å². The van der Waals surface area contributed by atoms with Crippen LogP contribution in [0.5, 0.6) is 23.0 Å². The van der Waals surface area contributed by atoms with E-state index in [1.807, 2.05) is 6.07 Å². The Morgan fingerprint density at radius 3 is 2.19 bits per heavy atom. The van der Waals surface area contributed by atoms with Crippen molar-refractivity contribution in [1.82, 2.24) is 10.3 Å². The summed E-state index contributed by atoms with van der Waals surface area (Å²) < 4.78 is 16.9. The molecule has 4 fully saturated rings. The van der Waals surface area contributed by atoms with Crippen molar-refractivity contribution >= 4 is 28.4 Å². The number of pyridine rings is 1. The topological polar surface area (TPSA) is 125 Å². The number of rotatable bonds is 8. The van der Waals surface area contributed by atoms with Gasteiger partial charge in [0.05, 0.1) is 19.7 Å². The van der Waals surface area contributed by atoms with Gasteiger partial charge in [-0.2, -0.15) is 0 Å². The normalized spacial score (nSPS) is 24.6. The van der Waals surface area contributed by atoms with E-state index in [2.05, 4.69) is 15.6 Å². The molecule has 0 atom stereocenters. The maximum atomic E-state index is 13.0. The van der Waals surface area contributed by atoms with Gasteiger partial charge in [-0.15, -0.1) is 0 Å². The summed E-state index contributed by atoms with van der Waals surface area (Å²) in [5.41, 5.74) is 6.13. The highest BCUT2D eigenvalue weighted by atomic mass is 16.5. The number of nitrogens with zero attached hydrogens (tertiary/aromatic N) is 1. The second-order valence-electron chi connectivity index (χ2n) is 10.3. The van der Waals surface area contributed by atoms with Crippen molar-refractivity contribution in [2.24, 2.45) is 11.1 Å². The monoisotopic (exact) mass is 488 g/mol. The van der Waals surface area contributed by atoms with E-state index in [1.165, 1.54) is 0 Å². The highest BCUT2D eigenvalue weighted by Crippen LogP contribution is 2.59. The Morgan fingerprint density at radius 2 is 1.58 bits per heavy atom. The molecule has 2 bridgehead atoms. The second-order valence-corrected chi connectivity index (χ2v) is 10.3. The summed E-state index contributed by atoms with van der Waals surface area (Å²) in [5.74, 6) is 1.91. The minimum absolute atomic E-state index is 0.0997. The molecule has 4 aliphatic carbocycles. The molecular formula is C27H28N4O5. The second kappa shape index (κ2) is 7.83. The van der Waals surface area contributed by atoms with Crippen molar-refractivity contribution in [2.75, 3.05) is 19.5 Å². The SMILES string of the molecule is COc1cc2nccc(Oc3ccc(NC(=O)C4(C(=O)NC56CC(N)(C5)C6)CC4)cc3)c2cc1OC. The third-order valence-electron chi connectivity index (χ3n) is 7.62. The number of fused-ring (bicyclic) bond motifs is 1. The van der Waals surface area contributed by atoms with Crippen molar-refractivity contribution in [3.05, 3.63) is 48.7 Å².